The summed E-state index contributed by atoms with van der Waals surface area (Å²) in [7, 11) is 0. The third kappa shape index (κ3) is 3.91. The summed E-state index contributed by atoms with van der Waals surface area (Å²) >= 11 is 7.53. The summed E-state index contributed by atoms with van der Waals surface area (Å²) in [5.74, 6) is 1.35. The molecule has 0 fully saturated rings. The van der Waals surface area contributed by atoms with Gasteiger partial charge in [0.05, 0.1) is 16.8 Å². The normalized spacial score (nSPS) is 10.9. The zero-order valence-electron chi connectivity index (χ0n) is 13.2. The van der Waals surface area contributed by atoms with Crippen molar-refractivity contribution in [3.8, 4) is 0 Å². The van der Waals surface area contributed by atoms with Gasteiger partial charge < -0.3 is 9.30 Å². The van der Waals surface area contributed by atoms with Crippen LogP contribution in [0, 0.1) is 0 Å². The number of aromatic nitrogens is 2. The number of thioether (sulfide) groups is 1. The molecule has 0 N–H and O–H groups in total. The van der Waals surface area contributed by atoms with E-state index in [2.05, 4.69) is 4.98 Å². The Labute approximate surface area is 149 Å². The molecule has 0 atom stereocenters. The molecule has 6 heteroatoms. The highest BCUT2D eigenvalue weighted by molar-refractivity contribution is 7.97. The average Bonchev–Trinajstić information content (AvgIpc) is 2.92. The highest BCUT2D eigenvalue weighted by Gasteiger charge is 2.14. The van der Waals surface area contributed by atoms with Crippen molar-refractivity contribution < 1.29 is 9.53 Å². The molecule has 0 bridgehead atoms. The van der Waals surface area contributed by atoms with E-state index in [9.17, 15) is 4.79 Å². The van der Waals surface area contributed by atoms with E-state index < -0.39 is 0 Å². The van der Waals surface area contributed by atoms with E-state index in [1.807, 2.05) is 47.2 Å². The first-order chi connectivity index (χ1) is 11.7. The van der Waals surface area contributed by atoms with Gasteiger partial charge in [-0.3, -0.25) is 4.79 Å². The maximum absolute atomic E-state index is 12.2. The van der Waals surface area contributed by atoms with E-state index in [1.54, 1.807) is 23.9 Å². The number of hydrogen-bond acceptors (Lipinski definition) is 4. The van der Waals surface area contributed by atoms with E-state index in [4.69, 9.17) is 16.3 Å². The van der Waals surface area contributed by atoms with Gasteiger partial charge in [0.15, 0.2) is 0 Å². The first-order valence-electron chi connectivity index (χ1n) is 7.50. The van der Waals surface area contributed by atoms with E-state index in [0.29, 0.717) is 5.02 Å². The molecular formula is C18H17ClN2O2S. The summed E-state index contributed by atoms with van der Waals surface area (Å²) in [6.45, 7) is 0.393. The maximum Gasteiger partial charge on any atom is 0.326 e. The number of carbonyl (C=O) groups is 1. The Morgan fingerprint density at radius 1 is 1.21 bits per heavy atom. The predicted octanol–water partition coefficient (Wildman–Crippen LogP) is 4.30. The van der Waals surface area contributed by atoms with E-state index in [-0.39, 0.29) is 19.1 Å². The van der Waals surface area contributed by atoms with Gasteiger partial charge >= 0.3 is 5.97 Å². The van der Waals surface area contributed by atoms with Crippen LogP contribution in [0.4, 0.5) is 0 Å². The standard InChI is InChI=1S/C18H17ClN2O2S/c1-24-12-17-20-15-4-2-3-5-16(15)21(17)10-18(22)23-11-13-6-8-14(19)9-7-13/h2-9H,10-12H2,1H3. The Kier molecular flexibility index (Phi) is 5.43. The fourth-order valence-electron chi connectivity index (χ4n) is 2.46. The second-order valence-electron chi connectivity index (χ2n) is 5.32. The first-order valence-corrected chi connectivity index (χ1v) is 9.27. The molecule has 0 aliphatic carbocycles. The molecule has 0 radical (unpaired) electrons. The van der Waals surface area contributed by atoms with Gasteiger partial charge in [-0.15, -0.1) is 0 Å². The van der Waals surface area contributed by atoms with Crippen molar-refractivity contribution in [2.24, 2.45) is 0 Å². The number of benzene rings is 2. The van der Waals surface area contributed by atoms with Crippen LogP contribution >= 0.6 is 23.4 Å². The molecule has 1 aromatic heterocycles. The molecule has 3 aromatic rings. The van der Waals surface area contributed by atoms with Gasteiger partial charge in [0.25, 0.3) is 0 Å². The van der Waals surface area contributed by atoms with Crippen LogP contribution in [0.25, 0.3) is 11.0 Å². The highest BCUT2D eigenvalue weighted by atomic mass is 35.5. The second kappa shape index (κ2) is 7.73. The summed E-state index contributed by atoms with van der Waals surface area (Å²) in [5.41, 5.74) is 2.75. The Morgan fingerprint density at radius 2 is 1.96 bits per heavy atom. The van der Waals surface area contributed by atoms with Crippen molar-refractivity contribution in [2.45, 2.75) is 18.9 Å². The maximum atomic E-state index is 12.2. The smallest absolute Gasteiger partial charge is 0.326 e. The molecule has 0 amide bonds. The zero-order chi connectivity index (χ0) is 16.9. The van der Waals surface area contributed by atoms with Crippen LogP contribution in [-0.2, 0) is 28.4 Å². The van der Waals surface area contributed by atoms with Crippen LogP contribution in [0.15, 0.2) is 48.5 Å². The van der Waals surface area contributed by atoms with Crippen LogP contribution in [0.1, 0.15) is 11.4 Å². The van der Waals surface area contributed by atoms with Gasteiger partial charge in [0.2, 0.25) is 0 Å². The van der Waals surface area contributed by atoms with E-state index >= 15 is 0 Å². The Bertz CT molecular complexity index is 846. The largest absolute Gasteiger partial charge is 0.459 e. The SMILES string of the molecule is CSCc1nc2ccccc2n1CC(=O)OCc1ccc(Cl)cc1. The lowest BCUT2D eigenvalue weighted by Gasteiger charge is -2.09. The first kappa shape index (κ1) is 16.9. The van der Waals surface area contributed by atoms with Gasteiger partial charge in [0.1, 0.15) is 19.0 Å². The quantitative estimate of drug-likeness (QED) is 0.615. The van der Waals surface area contributed by atoms with Crippen molar-refractivity contribution in [1.82, 2.24) is 9.55 Å². The van der Waals surface area contributed by atoms with E-state index in [1.165, 1.54) is 0 Å². The van der Waals surface area contributed by atoms with E-state index in [0.717, 1.165) is 28.2 Å². The van der Waals surface area contributed by atoms with Crippen molar-refractivity contribution in [3.63, 3.8) is 0 Å². The third-order valence-electron chi connectivity index (χ3n) is 3.61. The van der Waals surface area contributed by atoms with Crippen LogP contribution in [0.2, 0.25) is 5.02 Å². The van der Waals surface area contributed by atoms with Crippen LogP contribution < -0.4 is 0 Å². The average molecular weight is 361 g/mol. The number of esters is 1. The lowest BCUT2D eigenvalue weighted by atomic mass is 10.2. The number of fused-ring (bicyclic) bond motifs is 1. The van der Waals surface area contributed by atoms with Crippen LogP contribution in [0.3, 0.4) is 0 Å². The molecule has 0 aliphatic heterocycles. The summed E-state index contributed by atoms with van der Waals surface area (Å²) in [4.78, 5) is 16.9. The van der Waals surface area contributed by atoms with Crippen LogP contribution in [0.5, 0.6) is 0 Å². The van der Waals surface area contributed by atoms with Crippen molar-refractivity contribution in [2.75, 3.05) is 6.26 Å². The monoisotopic (exact) mass is 360 g/mol. The lowest BCUT2D eigenvalue weighted by Crippen LogP contribution is -2.15. The minimum absolute atomic E-state index is 0.157. The van der Waals surface area contributed by atoms with Gasteiger partial charge in [-0.05, 0) is 36.1 Å². The topological polar surface area (TPSA) is 44.1 Å². The molecule has 2 aromatic carbocycles. The number of nitrogens with zero attached hydrogens (tertiary/aromatic N) is 2. The molecule has 0 unspecified atom stereocenters. The molecular weight excluding hydrogens is 344 g/mol. The minimum atomic E-state index is -0.282. The number of ether oxygens (including phenoxy) is 1. The fraction of sp³-hybridized carbons (Fsp3) is 0.222. The summed E-state index contributed by atoms with van der Waals surface area (Å²) in [6, 6.07) is 15.1. The molecule has 3 rings (SSSR count). The molecule has 24 heavy (non-hydrogen) atoms. The molecule has 1 heterocycles. The number of carbonyl (C=O) groups excluding carboxylic acids is 1. The number of imidazole rings is 1. The Hall–Kier alpha value is -1.98. The minimum Gasteiger partial charge on any atom is -0.459 e. The molecule has 0 saturated carbocycles. The molecule has 124 valence electrons. The number of hydrogen-bond donors (Lipinski definition) is 0. The molecule has 4 nitrogen and oxygen atoms in total. The Balaban J connectivity index is 1.72. The van der Waals surface area contributed by atoms with Crippen molar-refractivity contribution in [1.29, 1.82) is 0 Å². The summed E-state index contributed by atoms with van der Waals surface area (Å²) < 4.78 is 7.31. The fourth-order valence-corrected chi connectivity index (χ4v) is 3.06. The van der Waals surface area contributed by atoms with Crippen molar-refractivity contribution in [3.05, 3.63) is 64.9 Å². The zero-order valence-corrected chi connectivity index (χ0v) is 14.8. The van der Waals surface area contributed by atoms with Gasteiger partial charge in [0, 0.05) is 5.02 Å². The molecule has 0 aliphatic rings. The predicted molar refractivity (Wildman–Crippen MR) is 98.2 cm³/mol. The molecule has 0 saturated heterocycles. The summed E-state index contributed by atoms with van der Waals surface area (Å²) in [6.07, 6.45) is 2.02. The van der Waals surface area contributed by atoms with Crippen LogP contribution in [-0.4, -0.2) is 21.8 Å². The van der Waals surface area contributed by atoms with Crippen molar-refractivity contribution >= 4 is 40.4 Å². The van der Waals surface area contributed by atoms with Gasteiger partial charge in [-0.2, -0.15) is 11.8 Å². The summed E-state index contributed by atoms with van der Waals surface area (Å²) in [5, 5.41) is 0.664. The lowest BCUT2D eigenvalue weighted by molar-refractivity contribution is -0.145. The number of rotatable bonds is 6. The number of para-hydroxylation sites is 2. The molecule has 0 spiro atoms. The Morgan fingerprint density at radius 3 is 2.71 bits per heavy atom. The van der Waals surface area contributed by atoms with Gasteiger partial charge in [-0.1, -0.05) is 35.9 Å². The number of halogens is 1. The second-order valence-corrected chi connectivity index (χ2v) is 6.63. The third-order valence-corrected chi connectivity index (χ3v) is 4.41. The van der Waals surface area contributed by atoms with Gasteiger partial charge in [-0.25, -0.2) is 4.98 Å². The highest BCUT2D eigenvalue weighted by Crippen LogP contribution is 2.19.